The van der Waals surface area contributed by atoms with Crippen LogP contribution in [0, 0.1) is 0 Å². The largest absolute Gasteiger partial charge is 0.481 e. The lowest BCUT2D eigenvalue weighted by Crippen LogP contribution is -2.50. The fourth-order valence-corrected chi connectivity index (χ4v) is 1.95. The van der Waals surface area contributed by atoms with Gasteiger partial charge in [-0.2, -0.15) is 0 Å². The standard InChI is InChI=1S/C11H23NO4/c1-12(2,3)9-11(16,8-10(14)15)6-4-5-7-13/h13,16H,4-9H2,1-3H3/p+1/t11-/m1/s1. The van der Waals surface area contributed by atoms with Crippen molar-refractivity contribution in [1.82, 2.24) is 0 Å². The van der Waals surface area contributed by atoms with Crippen LogP contribution in [0.25, 0.3) is 0 Å². The number of hydrogen-bond acceptors (Lipinski definition) is 3. The lowest BCUT2D eigenvalue weighted by atomic mass is 9.92. The topological polar surface area (TPSA) is 77.8 Å². The fourth-order valence-electron chi connectivity index (χ4n) is 1.95. The van der Waals surface area contributed by atoms with Crippen molar-refractivity contribution in [3.8, 4) is 0 Å². The summed E-state index contributed by atoms with van der Waals surface area (Å²) in [6.45, 7) is 0.470. The number of aliphatic hydroxyl groups excluding tert-OH is 1. The van der Waals surface area contributed by atoms with Gasteiger partial charge in [0.1, 0.15) is 12.1 Å². The summed E-state index contributed by atoms with van der Waals surface area (Å²) in [6, 6.07) is 0. The molecule has 5 nitrogen and oxygen atoms in total. The van der Waals surface area contributed by atoms with E-state index < -0.39 is 11.6 Å². The van der Waals surface area contributed by atoms with Crippen LogP contribution in [-0.2, 0) is 4.79 Å². The van der Waals surface area contributed by atoms with Gasteiger partial charge < -0.3 is 19.8 Å². The Bertz CT molecular complexity index is 225. The molecule has 0 saturated heterocycles. The first-order valence-corrected chi connectivity index (χ1v) is 5.54. The SMILES string of the molecule is C[N+](C)(C)C[C@@](O)(CCCCO)CC(=O)O. The van der Waals surface area contributed by atoms with Crippen LogP contribution in [0.1, 0.15) is 25.7 Å². The van der Waals surface area contributed by atoms with Crippen molar-refractivity contribution in [2.45, 2.75) is 31.3 Å². The van der Waals surface area contributed by atoms with E-state index in [9.17, 15) is 9.90 Å². The highest BCUT2D eigenvalue weighted by atomic mass is 16.4. The summed E-state index contributed by atoms with van der Waals surface area (Å²) >= 11 is 0. The highest BCUT2D eigenvalue weighted by molar-refractivity contribution is 5.68. The molecular weight excluding hydrogens is 210 g/mol. The van der Waals surface area contributed by atoms with Gasteiger partial charge >= 0.3 is 5.97 Å². The number of nitrogens with zero attached hydrogens (tertiary/aromatic N) is 1. The maximum atomic E-state index is 10.7. The Morgan fingerprint density at radius 2 is 1.81 bits per heavy atom. The Hall–Kier alpha value is -0.650. The molecule has 0 saturated carbocycles. The zero-order valence-corrected chi connectivity index (χ0v) is 10.4. The number of likely N-dealkylation sites (N-methyl/N-ethyl adjacent to an activating group) is 1. The summed E-state index contributed by atoms with van der Waals surface area (Å²) in [5.74, 6) is -0.986. The molecule has 0 aromatic heterocycles. The first-order valence-electron chi connectivity index (χ1n) is 5.54. The van der Waals surface area contributed by atoms with Crippen LogP contribution in [0.3, 0.4) is 0 Å². The molecule has 5 heteroatoms. The van der Waals surface area contributed by atoms with Crippen molar-refractivity contribution in [3.05, 3.63) is 0 Å². The third-order valence-electron chi connectivity index (χ3n) is 2.30. The van der Waals surface area contributed by atoms with Crippen molar-refractivity contribution in [3.63, 3.8) is 0 Å². The third-order valence-corrected chi connectivity index (χ3v) is 2.30. The van der Waals surface area contributed by atoms with Gasteiger partial charge in [-0.25, -0.2) is 0 Å². The van der Waals surface area contributed by atoms with Gasteiger partial charge in [-0.3, -0.25) is 4.79 Å². The van der Waals surface area contributed by atoms with Crippen LogP contribution in [0.4, 0.5) is 0 Å². The van der Waals surface area contributed by atoms with Gasteiger partial charge in [-0.05, 0) is 19.3 Å². The number of carboxylic acid groups (broad SMARTS) is 1. The predicted molar refractivity (Wildman–Crippen MR) is 61.0 cm³/mol. The molecule has 16 heavy (non-hydrogen) atoms. The minimum absolute atomic E-state index is 0.0769. The Balaban J connectivity index is 4.42. The van der Waals surface area contributed by atoms with E-state index in [-0.39, 0.29) is 13.0 Å². The first-order chi connectivity index (χ1) is 7.18. The summed E-state index contributed by atoms with van der Waals surface area (Å²) in [7, 11) is 5.75. The van der Waals surface area contributed by atoms with E-state index in [0.29, 0.717) is 30.3 Å². The number of unbranched alkanes of at least 4 members (excludes halogenated alkanes) is 1. The van der Waals surface area contributed by atoms with Crippen LogP contribution in [0.15, 0.2) is 0 Å². The molecule has 0 rings (SSSR count). The molecule has 0 heterocycles. The highest BCUT2D eigenvalue weighted by Crippen LogP contribution is 2.21. The van der Waals surface area contributed by atoms with Crippen molar-refractivity contribution < 1.29 is 24.6 Å². The van der Waals surface area contributed by atoms with E-state index in [1.165, 1.54) is 0 Å². The maximum absolute atomic E-state index is 10.7. The number of carbonyl (C=O) groups is 1. The molecule has 96 valence electrons. The fraction of sp³-hybridized carbons (Fsp3) is 0.909. The van der Waals surface area contributed by atoms with E-state index in [1.54, 1.807) is 0 Å². The van der Waals surface area contributed by atoms with E-state index in [4.69, 9.17) is 10.2 Å². The molecule has 0 aliphatic carbocycles. The molecule has 1 atom stereocenters. The zero-order chi connectivity index (χ0) is 12.8. The molecular formula is C11H24NO4+. The molecule has 0 aromatic rings. The molecule has 0 spiro atoms. The van der Waals surface area contributed by atoms with Crippen molar-refractivity contribution in [1.29, 1.82) is 0 Å². The van der Waals surface area contributed by atoms with Crippen LogP contribution < -0.4 is 0 Å². The van der Waals surface area contributed by atoms with E-state index in [0.717, 1.165) is 0 Å². The van der Waals surface area contributed by atoms with Gasteiger partial charge in [-0.15, -0.1) is 0 Å². The van der Waals surface area contributed by atoms with Crippen LogP contribution in [0.5, 0.6) is 0 Å². The molecule has 0 aliphatic heterocycles. The van der Waals surface area contributed by atoms with E-state index >= 15 is 0 Å². The van der Waals surface area contributed by atoms with Gasteiger partial charge in [0.05, 0.1) is 27.6 Å². The lowest BCUT2D eigenvalue weighted by molar-refractivity contribution is -0.877. The molecule has 0 aliphatic rings. The van der Waals surface area contributed by atoms with E-state index in [1.807, 2.05) is 21.1 Å². The van der Waals surface area contributed by atoms with Gasteiger partial charge in [0.2, 0.25) is 0 Å². The summed E-state index contributed by atoms with van der Waals surface area (Å²) in [6.07, 6.45) is 1.41. The smallest absolute Gasteiger partial charge is 0.306 e. The molecule has 0 unspecified atom stereocenters. The lowest BCUT2D eigenvalue weighted by Gasteiger charge is -2.34. The average Bonchev–Trinajstić information content (AvgIpc) is 1.98. The van der Waals surface area contributed by atoms with Crippen LogP contribution >= 0.6 is 0 Å². The monoisotopic (exact) mass is 234 g/mol. The maximum Gasteiger partial charge on any atom is 0.306 e. The number of carboxylic acids is 1. The number of rotatable bonds is 8. The Morgan fingerprint density at radius 1 is 1.25 bits per heavy atom. The number of quaternary nitrogens is 1. The molecule has 0 amide bonds. The van der Waals surface area contributed by atoms with Crippen LogP contribution in [0.2, 0.25) is 0 Å². The van der Waals surface area contributed by atoms with Crippen molar-refractivity contribution >= 4 is 5.97 Å². The number of aliphatic hydroxyl groups is 2. The summed E-state index contributed by atoms with van der Waals surface area (Å²) in [5.41, 5.74) is -1.18. The minimum atomic E-state index is -1.18. The van der Waals surface area contributed by atoms with Crippen molar-refractivity contribution in [2.75, 3.05) is 34.3 Å². The normalized spacial score (nSPS) is 15.8. The molecule has 0 bridgehead atoms. The Kier molecular flexibility index (Phi) is 5.92. The van der Waals surface area contributed by atoms with Gasteiger partial charge in [0.15, 0.2) is 0 Å². The Labute approximate surface area is 96.9 Å². The average molecular weight is 234 g/mol. The third kappa shape index (κ3) is 7.62. The second-order valence-electron chi connectivity index (χ2n) is 5.42. The van der Waals surface area contributed by atoms with Crippen LogP contribution in [-0.4, -0.2) is 65.7 Å². The summed E-state index contributed by atoms with van der Waals surface area (Å²) in [4.78, 5) is 10.7. The quantitative estimate of drug-likeness (QED) is 0.410. The highest BCUT2D eigenvalue weighted by Gasteiger charge is 2.35. The Morgan fingerprint density at radius 3 is 2.19 bits per heavy atom. The first kappa shape index (κ1) is 15.3. The predicted octanol–water partition coefficient (Wildman–Crippen LogP) is 0.0610. The molecule has 0 fully saturated rings. The number of hydrogen-bond donors (Lipinski definition) is 3. The van der Waals surface area contributed by atoms with Gasteiger partial charge in [0, 0.05) is 6.61 Å². The number of aliphatic carboxylic acids is 1. The second kappa shape index (κ2) is 6.18. The van der Waals surface area contributed by atoms with E-state index in [2.05, 4.69) is 0 Å². The second-order valence-corrected chi connectivity index (χ2v) is 5.42. The molecule has 0 aromatic carbocycles. The van der Waals surface area contributed by atoms with Crippen molar-refractivity contribution in [2.24, 2.45) is 0 Å². The summed E-state index contributed by atoms with van der Waals surface area (Å²) < 4.78 is 0.517. The minimum Gasteiger partial charge on any atom is -0.481 e. The summed E-state index contributed by atoms with van der Waals surface area (Å²) in [5, 5.41) is 27.7. The van der Waals surface area contributed by atoms with Gasteiger partial charge in [-0.1, -0.05) is 0 Å². The zero-order valence-electron chi connectivity index (χ0n) is 10.4. The molecule has 3 N–H and O–H groups in total. The molecule has 0 radical (unpaired) electrons. The van der Waals surface area contributed by atoms with Gasteiger partial charge in [0.25, 0.3) is 0 Å².